The van der Waals surface area contributed by atoms with E-state index < -0.39 is 0 Å². The van der Waals surface area contributed by atoms with E-state index in [1.165, 1.54) is 57.8 Å². The van der Waals surface area contributed by atoms with Gasteiger partial charge in [0.15, 0.2) is 11.5 Å². The van der Waals surface area contributed by atoms with Crippen LogP contribution in [0.3, 0.4) is 0 Å². The second-order valence-corrected chi connectivity index (χ2v) is 5.69. The summed E-state index contributed by atoms with van der Waals surface area (Å²) < 4.78 is 10.6. The molecule has 0 aliphatic heterocycles. The quantitative estimate of drug-likeness (QED) is 0.335. The fraction of sp³-hybridized carbons (Fsp3) is 0.632. The third-order valence-corrected chi connectivity index (χ3v) is 3.78. The molecule has 1 rings (SSSR count). The lowest BCUT2D eigenvalue weighted by Crippen LogP contribution is -2.00. The largest absolute Gasteiger partial charge is 0.490 e. The van der Waals surface area contributed by atoms with Gasteiger partial charge in [-0.25, -0.2) is 0 Å². The molecule has 0 fully saturated rings. The van der Waals surface area contributed by atoms with Crippen LogP contribution >= 0.6 is 0 Å². The zero-order valence-electron chi connectivity index (χ0n) is 13.9. The lowest BCUT2D eigenvalue weighted by Gasteiger charge is -2.09. The maximum Gasteiger partial charge on any atom is 0.298 e. The Labute approximate surface area is 135 Å². The monoisotopic (exact) mass is 306 g/mol. The SMILES string of the molecule is CCCCCCCCCCCCOc1ccccc1OC=O. The summed E-state index contributed by atoms with van der Waals surface area (Å²) >= 11 is 0. The zero-order chi connectivity index (χ0) is 15.9. The topological polar surface area (TPSA) is 35.5 Å². The number of ether oxygens (including phenoxy) is 2. The molecule has 0 radical (unpaired) electrons. The minimum atomic E-state index is 0.433. The van der Waals surface area contributed by atoms with Crippen LogP contribution < -0.4 is 9.47 Å². The average molecular weight is 306 g/mol. The van der Waals surface area contributed by atoms with Crippen molar-refractivity contribution in [1.82, 2.24) is 0 Å². The number of unbranched alkanes of at least 4 members (excludes halogenated alkanes) is 9. The molecule has 0 N–H and O–H groups in total. The van der Waals surface area contributed by atoms with Crippen molar-refractivity contribution in [3.63, 3.8) is 0 Å². The molecule has 0 bridgehead atoms. The van der Waals surface area contributed by atoms with Gasteiger partial charge in [-0.1, -0.05) is 76.8 Å². The van der Waals surface area contributed by atoms with Crippen LogP contribution in [0.25, 0.3) is 0 Å². The first-order valence-corrected chi connectivity index (χ1v) is 8.70. The number of carbonyl (C=O) groups excluding carboxylic acids is 1. The zero-order valence-corrected chi connectivity index (χ0v) is 13.9. The highest BCUT2D eigenvalue weighted by Gasteiger charge is 2.03. The molecule has 1 aromatic carbocycles. The molecule has 124 valence electrons. The number of benzene rings is 1. The summed E-state index contributed by atoms with van der Waals surface area (Å²) in [7, 11) is 0. The Bertz CT molecular complexity index is 390. The first kappa shape index (κ1) is 18.5. The third kappa shape index (κ3) is 8.71. The Balaban J connectivity index is 1.98. The van der Waals surface area contributed by atoms with Crippen molar-refractivity contribution in [2.45, 2.75) is 71.1 Å². The Morgan fingerprint density at radius 3 is 1.95 bits per heavy atom. The van der Waals surface area contributed by atoms with Crippen LogP contribution in [-0.2, 0) is 4.79 Å². The lowest BCUT2D eigenvalue weighted by atomic mass is 10.1. The molecule has 0 heterocycles. The smallest absolute Gasteiger partial charge is 0.298 e. The molecule has 0 atom stereocenters. The molecule has 0 aliphatic rings. The van der Waals surface area contributed by atoms with Gasteiger partial charge in [0.2, 0.25) is 0 Å². The molecule has 1 aromatic rings. The van der Waals surface area contributed by atoms with E-state index in [-0.39, 0.29) is 0 Å². The van der Waals surface area contributed by atoms with Crippen LogP contribution in [0.2, 0.25) is 0 Å². The van der Waals surface area contributed by atoms with Gasteiger partial charge in [0.25, 0.3) is 6.47 Å². The molecule has 0 saturated heterocycles. The van der Waals surface area contributed by atoms with Crippen LogP contribution in [0, 0.1) is 0 Å². The first-order chi connectivity index (χ1) is 10.9. The molecule has 22 heavy (non-hydrogen) atoms. The van der Waals surface area contributed by atoms with Crippen LogP contribution in [-0.4, -0.2) is 13.1 Å². The molecule has 3 heteroatoms. The Morgan fingerprint density at radius 1 is 0.818 bits per heavy atom. The average Bonchev–Trinajstić information content (AvgIpc) is 2.54. The van der Waals surface area contributed by atoms with Crippen molar-refractivity contribution in [3.8, 4) is 11.5 Å². The Hall–Kier alpha value is -1.51. The highest BCUT2D eigenvalue weighted by Crippen LogP contribution is 2.26. The molecule has 0 aromatic heterocycles. The van der Waals surface area contributed by atoms with Gasteiger partial charge in [-0.05, 0) is 18.6 Å². The van der Waals surface area contributed by atoms with Crippen LogP contribution in [0.15, 0.2) is 24.3 Å². The molecule has 0 saturated carbocycles. The number of para-hydroxylation sites is 2. The van der Waals surface area contributed by atoms with Crippen molar-refractivity contribution in [3.05, 3.63) is 24.3 Å². The predicted octanol–water partition coefficient (Wildman–Crippen LogP) is 5.52. The van der Waals surface area contributed by atoms with Gasteiger partial charge in [0.1, 0.15) is 0 Å². The minimum absolute atomic E-state index is 0.433. The third-order valence-electron chi connectivity index (χ3n) is 3.78. The number of carbonyl (C=O) groups is 1. The number of hydrogen-bond acceptors (Lipinski definition) is 3. The van der Waals surface area contributed by atoms with Crippen LogP contribution in [0.1, 0.15) is 71.1 Å². The summed E-state index contributed by atoms with van der Waals surface area (Å²) in [5.74, 6) is 1.13. The first-order valence-electron chi connectivity index (χ1n) is 8.70. The van der Waals surface area contributed by atoms with Gasteiger partial charge in [0, 0.05) is 0 Å². The van der Waals surface area contributed by atoms with Gasteiger partial charge >= 0.3 is 0 Å². The molecule has 0 amide bonds. The van der Waals surface area contributed by atoms with E-state index in [1.54, 1.807) is 6.07 Å². The number of hydrogen-bond donors (Lipinski definition) is 0. The molecule has 0 unspecified atom stereocenters. The van der Waals surface area contributed by atoms with Gasteiger partial charge in [-0.3, -0.25) is 4.79 Å². The molecule has 3 nitrogen and oxygen atoms in total. The van der Waals surface area contributed by atoms with Crippen molar-refractivity contribution in [1.29, 1.82) is 0 Å². The molecular formula is C19H30O3. The van der Waals surface area contributed by atoms with Crippen molar-refractivity contribution in [2.24, 2.45) is 0 Å². The van der Waals surface area contributed by atoms with Crippen LogP contribution in [0.5, 0.6) is 11.5 Å². The predicted molar refractivity (Wildman–Crippen MR) is 90.5 cm³/mol. The van der Waals surface area contributed by atoms with Gasteiger partial charge in [-0.15, -0.1) is 0 Å². The highest BCUT2D eigenvalue weighted by atomic mass is 16.5. The van der Waals surface area contributed by atoms with E-state index in [0.717, 1.165) is 6.42 Å². The van der Waals surface area contributed by atoms with Crippen molar-refractivity contribution < 1.29 is 14.3 Å². The van der Waals surface area contributed by atoms with Gasteiger partial charge < -0.3 is 9.47 Å². The highest BCUT2D eigenvalue weighted by molar-refractivity contribution is 5.50. The van der Waals surface area contributed by atoms with E-state index in [9.17, 15) is 4.79 Å². The maximum atomic E-state index is 10.4. The Kier molecular flexibility index (Phi) is 11.1. The summed E-state index contributed by atoms with van der Waals surface area (Å²) in [5, 5.41) is 0. The van der Waals surface area contributed by atoms with E-state index in [4.69, 9.17) is 9.47 Å². The molecule has 0 aliphatic carbocycles. The normalized spacial score (nSPS) is 10.4. The second kappa shape index (κ2) is 13.2. The summed E-state index contributed by atoms with van der Waals surface area (Å²) in [6.07, 6.45) is 13.1. The van der Waals surface area contributed by atoms with Gasteiger partial charge in [-0.2, -0.15) is 0 Å². The summed E-state index contributed by atoms with van der Waals surface area (Å²) in [6, 6.07) is 7.27. The van der Waals surface area contributed by atoms with Crippen molar-refractivity contribution in [2.75, 3.05) is 6.61 Å². The Morgan fingerprint density at radius 2 is 1.36 bits per heavy atom. The van der Waals surface area contributed by atoms with Crippen LogP contribution in [0.4, 0.5) is 0 Å². The van der Waals surface area contributed by atoms with E-state index in [0.29, 0.717) is 24.6 Å². The molecule has 0 spiro atoms. The molecular weight excluding hydrogens is 276 g/mol. The van der Waals surface area contributed by atoms with Crippen molar-refractivity contribution >= 4 is 6.47 Å². The summed E-state index contributed by atoms with van der Waals surface area (Å²) in [5.41, 5.74) is 0. The second-order valence-electron chi connectivity index (χ2n) is 5.69. The van der Waals surface area contributed by atoms with Gasteiger partial charge in [0.05, 0.1) is 6.61 Å². The fourth-order valence-electron chi connectivity index (χ4n) is 2.49. The maximum absolute atomic E-state index is 10.4. The summed E-state index contributed by atoms with van der Waals surface area (Å²) in [4.78, 5) is 10.4. The van der Waals surface area contributed by atoms with E-state index in [1.807, 2.05) is 18.2 Å². The standard InChI is InChI=1S/C19H30O3/c1-2-3-4-5-6-7-8-9-10-13-16-21-18-14-11-12-15-19(18)22-17-20/h11-12,14-15,17H,2-10,13,16H2,1H3. The summed E-state index contributed by atoms with van der Waals surface area (Å²) in [6.45, 7) is 3.37. The lowest BCUT2D eigenvalue weighted by molar-refractivity contribution is -0.120. The van der Waals surface area contributed by atoms with E-state index >= 15 is 0 Å². The van der Waals surface area contributed by atoms with E-state index in [2.05, 4.69) is 6.92 Å². The number of rotatable bonds is 14. The fourth-order valence-corrected chi connectivity index (χ4v) is 2.49. The minimum Gasteiger partial charge on any atom is -0.490 e.